The highest BCUT2D eigenvalue weighted by molar-refractivity contribution is 4.62. The van der Waals surface area contributed by atoms with E-state index in [1.165, 1.54) is 49.9 Å². The van der Waals surface area contributed by atoms with E-state index < -0.39 is 0 Å². The molecule has 0 unspecified atom stereocenters. The lowest BCUT2D eigenvalue weighted by molar-refractivity contribution is -0.930. The molecular weight excluding hydrogens is 146 g/mol. The van der Waals surface area contributed by atoms with Crippen LogP contribution < -0.4 is 0 Å². The van der Waals surface area contributed by atoms with Gasteiger partial charge in [-0.1, -0.05) is 13.3 Å². The van der Waals surface area contributed by atoms with Crippen molar-refractivity contribution in [1.29, 1.82) is 0 Å². The second-order valence-corrected chi connectivity index (χ2v) is 4.27. The van der Waals surface area contributed by atoms with E-state index in [0.29, 0.717) is 0 Å². The Morgan fingerprint density at radius 1 is 1.00 bits per heavy atom. The van der Waals surface area contributed by atoms with Gasteiger partial charge in [0, 0.05) is 0 Å². The average Bonchev–Trinajstić information content (AvgIpc) is 2.18. The van der Waals surface area contributed by atoms with E-state index in [9.17, 15) is 0 Å². The van der Waals surface area contributed by atoms with E-state index in [1.54, 1.807) is 0 Å². The summed E-state index contributed by atoms with van der Waals surface area (Å²) in [5.74, 6) is 1.04. The monoisotopic (exact) mass is 170 g/mol. The quantitative estimate of drug-likeness (QED) is 0.571. The zero-order valence-electron chi connectivity index (χ0n) is 8.97. The molecule has 0 aromatic carbocycles. The Bertz CT molecular complexity index is 117. The number of hydrogen-bond donors (Lipinski definition) is 0. The number of piperidine rings is 1. The molecule has 0 aromatic heterocycles. The summed E-state index contributed by atoms with van der Waals surface area (Å²) < 4.78 is 1.39. The first kappa shape index (κ1) is 10.0. The summed E-state index contributed by atoms with van der Waals surface area (Å²) >= 11 is 0. The van der Waals surface area contributed by atoms with Crippen LogP contribution in [-0.4, -0.2) is 30.7 Å². The van der Waals surface area contributed by atoms with Gasteiger partial charge in [-0.25, -0.2) is 0 Å². The van der Waals surface area contributed by atoms with Crippen molar-refractivity contribution in [3.05, 3.63) is 0 Å². The number of likely N-dealkylation sites (tertiary alicyclic amines) is 1. The maximum absolute atomic E-state index is 2.34. The summed E-state index contributed by atoms with van der Waals surface area (Å²) in [5.41, 5.74) is 0. The maximum atomic E-state index is 2.34. The lowest BCUT2D eigenvalue weighted by Gasteiger charge is -2.42. The van der Waals surface area contributed by atoms with Crippen LogP contribution in [0.15, 0.2) is 0 Å². The largest absolute Gasteiger partial charge is 0.324 e. The fraction of sp³-hybridized carbons (Fsp3) is 1.00. The van der Waals surface area contributed by atoms with Gasteiger partial charge in [-0.15, -0.1) is 0 Å². The Labute approximate surface area is 77.4 Å². The van der Waals surface area contributed by atoms with Crippen molar-refractivity contribution < 1.29 is 4.48 Å². The van der Waals surface area contributed by atoms with Crippen molar-refractivity contribution in [2.24, 2.45) is 5.92 Å². The molecule has 0 aromatic rings. The van der Waals surface area contributed by atoms with E-state index in [1.807, 2.05) is 0 Å². The molecule has 1 heterocycles. The predicted octanol–water partition coefficient (Wildman–Crippen LogP) is 2.66. The molecule has 0 atom stereocenters. The summed E-state index contributed by atoms with van der Waals surface area (Å²) in [6, 6.07) is 0. The Morgan fingerprint density at radius 2 is 1.50 bits per heavy atom. The maximum Gasteiger partial charge on any atom is 0.0789 e. The van der Waals surface area contributed by atoms with Crippen LogP contribution in [0.4, 0.5) is 0 Å². The first-order chi connectivity index (χ1) is 5.76. The van der Waals surface area contributed by atoms with Crippen molar-refractivity contribution in [3.63, 3.8) is 0 Å². The molecule has 0 aliphatic carbocycles. The van der Waals surface area contributed by atoms with Gasteiger partial charge < -0.3 is 4.48 Å². The number of rotatable bonds is 3. The van der Waals surface area contributed by atoms with Gasteiger partial charge in [0.05, 0.1) is 26.2 Å². The molecule has 0 amide bonds. The van der Waals surface area contributed by atoms with Crippen molar-refractivity contribution >= 4 is 0 Å². The van der Waals surface area contributed by atoms with Crippen LogP contribution in [0, 0.1) is 5.92 Å². The molecule has 1 heteroatoms. The molecule has 1 fully saturated rings. The standard InChI is InChI=1S/C11H24N/c1-4-11-7-9-12(5-2,6-3)10-8-11/h11H,4-10H2,1-3H3/q+1. The third kappa shape index (κ3) is 2.01. The van der Waals surface area contributed by atoms with Gasteiger partial charge in [0.15, 0.2) is 0 Å². The molecule has 12 heavy (non-hydrogen) atoms. The van der Waals surface area contributed by atoms with E-state index >= 15 is 0 Å². The molecule has 0 radical (unpaired) electrons. The fourth-order valence-electron chi connectivity index (χ4n) is 2.43. The molecule has 0 N–H and O–H groups in total. The Kier molecular flexibility index (Phi) is 3.57. The molecule has 0 bridgehead atoms. The second-order valence-electron chi connectivity index (χ2n) is 4.27. The van der Waals surface area contributed by atoms with Crippen LogP contribution in [-0.2, 0) is 0 Å². The van der Waals surface area contributed by atoms with Crippen LogP contribution in [0.5, 0.6) is 0 Å². The van der Waals surface area contributed by atoms with E-state index in [4.69, 9.17) is 0 Å². The van der Waals surface area contributed by atoms with Gasteiger partial charge in [-0.05, 0) is 32.6 Å². The number of hydrogen-bond acceptors (Lipinski definition) is 0. The minimum atomic E-state index is 1.04. The lowest BCUT2D eigenvalue weighted by Crippen LogP contribution is -2.52. The minimum absolute atomic E-state index is 1.04. The minimum Gasteiger partial charge on any atom is -0.324 e. The zero-order chi connectivity index (χ0) is 9.03. The van der Waals surface area contributed by atoms with E-state index in [2.05, 4.69) is 20.8 Å². The summed E-state index contributed by atoms with van der Waals surface area (Å²) in [5, 5.41) is 0. The van der Waals surface area contributed by atoms with Gasteiger partial charge in [0.2, 0.25) is 0 Å². The van der Waals surface area contributed by atoms with Crippen molar-refractivity contribution in [2.75, 3.05) is 26.2 Å². The van der Waals surface area contributed by atoms with Crippen LogP contribution in [0.3, 0.4) is 0 Å². The molecule has 1 aliphatic heterocycles. The topological polar surface area (TPSA) is 0 Å². The second kappa shape index (κ2) is 4.27. The molecule has 72 valence electrons. The van der Waals surface area contributed by atoms with Crippen LogP contribution in [0.1, 0.15) is 40.0 Å². The first-order valence-corrected chi connectivity index (χ1v) is 5.61. The fourth-order valence-corrected chi connectivity index (χ4v) is 2.43. The average molecular weight is 170 g/mol. The highest BCUT2D eigenvalue weighted by Gasteiger charge is 2.29. The summed E-state index contributed by atoms with van der Waals surface area (Å²) in [7, 11) is 0. The Morgan fingerprint density at radius 3 is 1.83 bits per heavy atom. The third-order valence-electron chi connectivity index (χ3n) is 3.94. The summed E-state index contributed by atoms with van der Waals surface area (Å²) in [4.78, 5) is 0. The molecule has 1 saturated heterocycles. The van der Waals surface area contributed by atoms with E-state index in [-0.39, 0.29) is 0 Å². The summed E-state index contributed by atoms with van der Waals surface area (Å²) in [6.07, 6.45) is 4.34. The normalized spacial score (nSPS) is 24.2. The highest BCUT2D eigenvalue weighted by Crippen LogP contribution is 2.25. The van der Waals surface area contributed by atoms with E-state index in [0.717, 1.165) is 5.92 Å². The van der Waals surface area contributed by atoms with Crippen LogP contribution in [0.25, 0.3) is 0 Å². The van der Waals surface area contributed by atoms with Gasteiger partial charge in [0.1, 0.15) is 0 Å². The Balaban J connectivity index is 2.42. The smallest absolute Gasteiger partial charge is 0.0789 e. The third-order valence-corrected chi connectivity index (χ3v) is 3.94. The highest BCUT2D eigenvalue weighted by atomic mass is 15.3. The van der Waals surface area contributed by atoms with Gasteiger partial charge >= 0.3 is 0 Å². The van der Waals surface area contributed by atoms with Crippen LogP contribution >= 0.6 is 0 Å². The molecule has 0 spiro atoms. The zero-order valence-corrected chi connectivity index (χ0v) is 8.97. The van der Waals surface area contributed by atoms with Gasteiger partial charge in [0.25, 0.3) is 0 Å². The number of nitrogens with zero attached hydrogens (tertiary/aromatic N) is 1. The first-order valence-electron chi connectivity index (χ1n) is 5.61. The molecule has 1 aliphatic rings. The number of quaternary nitrogens is 1. The van der Waals surface area contributed by atoms with Crippen LogP contribution in [0.2, 0.25) is 0 Å². The van der Waals surface area contributed by atoms with Crippen molar-refractivity contribution in [3.8, 4) is 0 Å². The van der Waals surface area contributed by atoms with Gasteiger partial charge in [-0.2, -0.15) is 0 Å². The van der Waals surface area contributed by atoms with Gasteiger partial charge in [-0.3, -0.25) is 0 Å². The Hall–Kier alpha value is -0.0400. The van der Waals surface area contributed by atoms with Crippen molar-refractivity contribution in [2.45, 2.75) is 40.0 Å². The molecule has 0 saturated carbocycles. The molecule has 1 nitrogen and oxygen atoms in total. The lowest BCUT2D eigenvalue weighted by atomic mass is 9.92. The van der Waals surface area contributed by atoms with Crippen molar-refractivity contribution in [1.82, 2.24) is 0 Å². The molecule has 1 rings (SSSR count). The summed E-state index contributed by atoms with van der Waals surface area (Å²) in [6.45, 7) is 12.6. The predicted molar refractivity (Wildman–Crippen MR) is 54.1 cm³/mol. The molecular formula is C11H24N+. The SMILES string of the molecule is CCC1CC[N+](CC)(CC)CC1.